The van der Waals surface area contributed by atoms with E-state index in [1.165, 1.54) is 4.68 Å². The summed E-state index contributed by atoms with van der Waals surface area (Å²) in [7, 11) is 0. The zero-order valence-corrected chi connectivity index (χ0v) is 14.0. The van der Waals surface area contributed by atoms with Gasteiger partial charge in [0.2, 0.25) is 5.95 Å². The quantitative estimate of drug-likeness (QED) is 0.451. The van der Waals surface area contributed by atoms with Crippen LogP contribution in [-0.4, -0.2) is 21.8 Å². The molecular weight excluding hydrogens is 316 g/mol. The first-order valence-corrected chi connectivity index (χ1v) is 7.76. The van der Waals surface area contributed by atoms with Gasteiger partial charge in [-0.3, -0.25) is 0 Å². The lowest BCUT2D eigenvalue weighted by Crippen LogP contribution is -2.08. The van der Waals surface area contributed by atoms with Gasteiger partial charge in [0.25, 0.3) is 0 Å². The number of anilines is 1. The smallest absolute Gasteiger partial charge is 0.343 e. The van der Waals surface area contributed by atoms with Crippen molar-refractivity contribution in [1.29, 1.82) is 0 Å². The number of aryl methyl sites for hydroxylation is 2. The number of esters is 1. The fourth-order valence-electron chi connectivity index (χ4n) is 2.20. The molecule has 0 atom stereocenters. The lowest BCUT2D eigenvalue weighted by atomic mass is 10.1. The number of imidazole rings is 1. The Morgan fingerprint density at radius 3 is 2.40 bits per heavy atom. The Kier molecular flexibility index (Phi) is 4.61. The van der Waals surface area contributed by atoms with Gasteiger partial charge in [-0.1, -0.05) is 17.7 Å². The first kappa shape index (κ1) is 16.4. The number of carbonyl (C=O) groups is 1. The molecule has 0 bridgehead atoms. The number of nitrogen functional groups attached to an aromatic ring is 1. The summed E-state index contributed by atoms with van der Waals surface area (Å²) in [6.45, 7) is 3.81. The van der Waals surface area contributed by atoms with E-state index in [4.69, 9.17) is 10.5 Å². The van der Waals surface area contributed by atoms with Gasteiger partial charge < -0.3 is 10.5 Å². The Hall–Kier alpha value is -3.41. The third-order valence-corrected chi connectivity index (χ3v) is 3.54. The number of nitrogens with two attached hydrogens (primary N) is 1. The molecule has 1 aromatic heterocycles. The molecule has 0 aliphatic carbocycles. The number of hydrogen-bond acceptors (Lipinski definition) is 5. The second-order valence-electron chi connectivity index (χ2n) is 5.65. The highest BCUT2D eigenvalue weighted by atomic mass is 16.5. The summed E-state index contributed by atoms with van der Waals surface area (Å²) in [6.07, 6.45) is 3.40. The number of ether oxygens (including phenoxy) is 1. The summed E-state index contributed by atoms with van der Waals surface area (Å²) < 4.78 is 6.86. The van der Waals surface area contributed by atoms with E-state index in [0.717, 1.165) is 16.8 Å². The maximum absolute atomic E-state index is 12.1. The van der Waals surface area contributed by atoms with Crippen LogP contribution in [0.1, 0.15) is 27.2 Å². The fraction of sp³-hybridized carbons (Fsp3) is 0.105. The van der Waals surface area contributed by atoms with Crippen molar-refractivity contribution in [3.8, 4) is 5.75 Å². The number of rotatable bonds is 4. The minimum Gasteiger partial charge on any atom is -0.423 e. The zero-order valence-electron chi connectivity index (χ0n) is 14.0. The molecular formula is C19H18N4O2. The molecule has 126 valence electrons. The number of hydrogen-bond donors (Lipinski definition) is 1. The van der Waals surface area contributed by atoms with Gasteiger partial charge in [0.1, 0.15) is 5.75 Å². The zero-order chi connectivity index (χ0) is 17.8. The maximum atomic E-state index is 12.1. The number of nitrogens with zero attached hydrogens (tertiary/aromatic N) is 3. The molecule has 25 heavy (non-hydrogen) atoms. The van der Waals surface area contributed by atoms with Crippen LogP contribution in [0.25, 0.3) is 0 Å². The van der Waals surface area contributed by atoms with E-state index in [1.807, 2.05) is 26.0 Å². The average molecular weight is 334 g/mol. The topological polar surface area (TPSA) is 82.5 Å². The van der Waals surface area contributed by atoms with Crippen LogP contribution in [0.5, 0.6) is 5.75 Å². The summed E-state index contributed by atoms with van der Waals surface area (Å²) in [5.74, 6) is 0.418. The molecule has 0 fully saturated rings. The maximum Gasteiger partial charge on any atom is 0.343 e. The van der Waals surface area contributed by atoms with E-state index < -0.39 is 0 Å². The van der Waals surface area contributed by atoms with Crippen molar-refractivity contribution in [1.82, 2.24) is 9.66 Å². The van der Waals surface area contributed by atoms with Crippen molar-refractivity contribution in [2.45, 2.75) is 13.8 Å². The Balaban J connectivity index is 1.66. The predicted molar refractivity (Wildman–Crippen MR) is 96.9 cm³/mol. The Morgan fingerprint density at radius 2 is 1.80 bits per heavy atom. The summed E-state index contributed by atoms with van der Waals surface area (Å²) in [5, 5.41) is 4.24. The second-order valence-corrected chi connectivity index (χ2v) is 5.65. The highest BCUT2D eigenvalue weighted by Crippen LogP contribution is 2.14. The summed E-state index contributed by atoms with van der Waals surface area (Å²) >= 11 is 0. The molecule has 0 unspecified atom stereocenters. The van der Waals surface area contributed by atoms with Crippen LogP contribution >= 0.6 is 0 Å². The summed E-state index contributed by atoms with van der Waals surface area (Å²) in [4.78, 5) is 16.2. The fourth-order valence-corrected chi connectivity index (χ4v) is 2.20. The molecule has 0 radical (unpaired) electrons. The molecule has 0 saturated carbocycles. The molecule has 0 aliphatic rings. The largest absolute Gasteiger partial charge is 0.423 e. The Morgan fingerprint density at radius 1 is 1.12 bits per heavy atom. The van der Waals surface area contributed by atoms with Crippen LogP contribution in [0.15, 0.2) is 59.8 Å². The molecule has 0 spiro atoms. The van der Waals surface area contributed by atoms with Crippen LogP contribution in [0.4, 0.5) is 5.95 Å². The molecule has 2 N–H and O–H groups in total. The van der Waals surface area contributed by atoms with Crippen molar-refractivity contribution >= 4 is 18.1 Å². The van der Waals surface area contributed by atoms with E-state index in [-0.39, 0.29) is 5.97 Å². The van der Waals surface area contributed by atoms with E-state index in [1.54, 1.807) is 48.8 Å². The normalized spacial score (nSPS) is 11.0. The van der Waals surface area contributed by atoms with E-state index in [9.17, 15) is 4.79 Å². The van der Waals surface area contributed by atoms with Crippen LogP contribution in [0.2, 0.25) is 0 Å². The average Bonchev–Trinajstić information content (AvgIpc) is 2.92. The van der Waals surface area contributed by atoms with Crippen LogP contribution in [-0.2, 0) is 0 Å². The predicted octanol–water partition coefficient (Wildman–Crippen LogP) is 3.18. The SMILES string of the molecule is Cc1ccc(C(=O)Oc2ccc(C=Nn3cc(C)nc3N)cc2)cc1. The minimum absolute atomic E-state index is 0.331. The molecule has 6 heteroatoms. The number of carbonyl (C=O) groups excluding carboxylic acids is 1. The molecule has 3 aromatic rings. The molecule has 0 aliphatic heterocycles. The van der Waals surface area contributed by atoms with Crippen molar-refractivity contribution in [2.75, 3.05) is 5.73 Å². The van der Waals surface area contributed by atoms with Gasteiger partial charge in [-0.05, 0) is 55.8 Å². The highest BCUT2D eigenvalue weighted by Gasteiger charge is 2.08. The molecule has 0 saturated heterocycles. The van der Waals surface area contributed by atoms with E-state index in [0.29, 0.717) is 17.3 Å². The molecule has 3 rings (SSSR count). The minimum atomic E-state index is -0.386. The third kappa shape index (κ3) is 4.11. The van der Waals surface area contributed by atoms with Gasteiger partial charge in [0.15, 0.2) is 0 Å². The van der Waals surface area contributed by atoms with Crippen LogP contribution < -0.4 is 10.5 Å². The first-order chi connectivity index (χ1) is 12.0. The lowest BCUT2D eigenvalue weighted by molar-refractivity contribution is 0.0735. The monoisotopic (exact) mass is 334 g/mol. The molecule has 6 nitrogen and oxygen atoms in total. The van der Waals surface area contributed by atoms with Gasteiger partial charge >= 0.3 is 5.97 Å². The third-order valence-electron chi connectivity index (χ3n) is 3.54. The Bertz CT molecular complexity index is 910. The molecule has 2 aromatic carbocycles. The van der Waals surface area contributed by atoms with Crippen molar-refractivity contribution < 1.29 is 9.53 Å². The second kappa shape index (κ2) is 7.00. The van der Waals surface area contributed by atoms with Crippen LogP contribution in [0, 0.1) is 13.8 Å². The molecule has 0 amide bonds. The Labute approximate surface area is 145 Å². The number of aromatic nitrogens is 2. The van der Waals surface area contributed by atoms with E-state index >= 15 is 0 Å². The molecule has 1 heterocycles. The van der Waals surface area contributed by atoms with Gasteiger partial charge in [0, 0.05) is 0 Å². The number of benzene rings is 2. The summed E-state index contributed by atoms with van der Waals surface area (Å²) in [5.41, 5.74) is 8.98. The van der Waals surface area contributed by atoms with E-state index in [2.05, 4.69) is 10.1 Å². The first-order valence-electron chi connectivity index (χ1n) is 7.76. The van der Waals surface area contributed by atoms with Crippen molar-refractivity contribution in [2.24, 2.45) is 5.10 Å². The summed E-state index contributed by atoms with van der Waals surface area (Å²) in [6, 6.07) is 14.3. The van der Waals surface area contributed by atoms with Gasteiger partial charge in [0.05, 0.1) is 23.7 Å². The van der Waals surface area contributed by atoms with Crippen molar-refractivity contribution in [3.63, 3.8) is 0 Å². The van der Waals surface area contributed by atoms with Crippen molar-refractivity contribution in [3.05, 3.63) is 77.1 Å². The highest BCUT2D eigenvalue weighted by molar-refractivity contribution is 5.91. The van der Waals surface area contributed by atoms with Crippen LogP contribution in [0.3, 0.4) is 0 Å². The van der Waals surface area contributed by atoms with Gasteiger partial charge in [-0.25, -0.2) is 14.5 Å². The standard InChI is InChI=1S/C19H18N4O2/c1-13-3-7-16(8-4-13)18(24)25-17-9-5-15(6-10-17)11-21-23-12-14(2)22-19(23)20/h3-12H,1-2H3,(H2,20,22). The van der Waals surface area contributed by atoms with Gasteiger partial charge in [-0.15, -0.1) is 0 Å². The lowest BCUT2D eigenvalue weighted by Gasteiger charge is -2.05. The van der Waals surface area contributed by atoms with Gasteiger partial charge in [-0.2, -0.15) is 5.10 Å².